The minimum Gasteiger partial charge on any atom is -0.452 e. The molecule has 1 atom stereocenters. The molecule has 2 aromatic rings. The fraction of sp³-hybridized carbons (Fsp3) is 0.176. The number of hydrogen-bond donors (Lipinski definition) is 1. The molecule has 0 saturated carbocycles. The minimum absolute atomic E-state index is 0.314. The smallest absolute Gasteiger partial charge is 0.338 e. The predicted octanol–water partition coefficient (Wildman–Crippen LogP) is 3.51. The standard InChI is InChI=1S/C17H15ClFNO3/c1-11(12-4-8-15(19)9-5-12)20-16(21)10-23-17(22)13-2-6-14(18)7-3-13/h2-9,11H,10H2,1H3,(H,20,21)/t11-/m0/s1. The van der Waals surface area contributed by atoms with Crippen molar-refractivity contribution in [1.29, 1.82) is 0 Å². The number of ether oxygens (including phenoxy) is 1. The van der Waals surface area contributed by atoms with Crippen molar-refractivity contribution in [3.8, 4) is 0 Å². The van der Waals surface area contributed by atoms with Gasteiger partial charge in [0.2, 0.25) is 0 Å². The first-order valence-electron chi connectivity index (χ1n) is 6.93. The Bertz CT molecular complexity index is 686. The summed E-state index contributed by atoms with van der Waals surface area (Å²) < 4.78 is 17.8. The van der Waals surface area contributed by atoms with Crippen LogP contribution in [0.1, 0.15) is 28.9 Å². The van der Waals surface area contributed by atoms with Crippen LogP contribution in [0.3, 0.4) is 0 Å². The molecule has 0 aliphatic carbocycles. The average molecular weight is 336 g/mol. The molecule has 0 spiro atoms. The van der Waals surface area contributed by atoms with Crippen molar-refractivity contribution in [1.82, 2.24) is 5.32 Å². The van der Waals surface area contributed by atoms with E-state index in [1.54, 1.807) is 31.2 Å². The second kappa shape index (κ2) is 7.74. The van der Waals surface area contributed by atoms with Crippen molar-refractivity contribution in [2.75, 3.05) is 6.61 Å². The zero-order chi connectivity index (χ0) is 16.8. The summed E-state index contributed by atoms with van der Waals surface area (Å²) in [5.74, 6) is -1.39. The number of amides is 1. The molecule has 2 aromatic carbocycles. The van der Waals surface area contributed by atoms with E-state index in [1.165, 1.54) is 24.3 Å². The molecule has 4 nitrogen and oxygen atoms in total. The van der Waals surface area contributed by atoms with E-state index >= 15 is 0 Å². The number of halogens is 2. The number of benzene rings is 2. The Labute approximate surface area is 138 Å². The summed E-state index contributed by atoms with van der Waals surface area (Å²) in [4.78, 5) is 23.6. The predicted molar refractivity (Wildman–Crippen MR) is 84.7 cm³/mol. The van der Waals surface area contributed by atoms with Crippen LogP contribution in [0.2, 0.25) is 5.02 Å². The highest BCUT2D eigenvalue weighted by atomic mass is 35.5. The minimum atomic E-state index is -0.605. The molecule has 1 amide bonds. The third-order valence-corrected chi connectivity index (χ3v) is 3.41. The summed E-state index contributed by atoms with van der Waals surface area (Å²) in [6.45, 7) is 1.36. The van der Waals surface area contributed by atoms with Gasteiger partial charge in [0.1, 0.15) is 5.82 Å². The quantitative estimate of drug-likeness (QED) is 0.851. The van der Waals surface area contributed by atoms with Gasteiger partial charge in [0.15, 0.2) is 6.61 Å². The van der Waals surface area contributed by atoms with Gasteiger partial charge >= 0.3 is 5.97 Å². The maximum absolute atomic E-state index is 12.9. The zero-order valence-corrected chi connectivity index (χ0v) is 13.1. The molecule has 0 aliphatic rings. The van der Waals surface area contributed by atoms with E-state index in [0.29, 0.717) is 10.6 Å². The van der Waals surface area contributed by atoms with Crippen LogP contribution in [0.15, 0.2) is 48.5 Å². The van der Waals surface area contributed by atoms with Gasteiger partial charge in [0, 0.05) is 5.02 Å². The molecule has 120 valence electrons. The van der Waals surface area contributed by atoms with Gasteiger partial charge in [0.25, 0.3) is 5.91 Å². The Morgan fingerprint density at radius 3 is 2.35 bits per heavy atom. The molecule has 0 aliphatic heterocycles. The SMILES string of the molecule is C[C@H](NC(=O)COC(=O)c1ccc(Cl)cc1)c1ccc(F)cc1. The number of carbonyl (C=O) groups excluding carboxylic acids is 2. The van der Waals surface area contributed by atoms with Crippen molar-refractivity contribution in [3.05, 3.63) is 70.5 Å². The normalized spacial score (nSPS) is 11.6. The number of nitrogens with one attached hydrogen (secondary N) is 1. The van der Waals surface area contributed by atoms with Crippen molar-refractivity contribution in [2.24, 2.45) is 0 Å². The summed E-state index contributed by atoms with van der Waals surface area (Å²) in [6.07, 6.45) is 0. The lowest BCUT2D eigenvalue weighted by atomic mass is 10.1. The van der Waals surface area contributed by atoms with Crippen LogP contribution in [0.4, 0.5) is 4.39 Å². The van der Waals surface area contributed by atoms with Gasteiger partial charge in [-0.1, -0.05) is 23.7 Å². The topological polar surface area (TPSA) is 55.4 Å². The monoisotopic (exact) mass is 335 g/mol. The zero-order valence-electron chi connectivity index (χ0n) is 12.4. The molecule has 6 heteroatoms. The number of hydrogen-bond acceptors (Lipinski definition) is 3. The van der Waals surface area contributed by atoms with Gasteiger partial charge in [-0.25, -0.2) is 9.18 Å². The summed E-state index contributed by atoms with van der Waals surface area (Å²) >= 11 is 5.73. The maximum Gasteiger partial charge on any atom is 0.338 e. The molecule has 0 saturated heterocycles. The van der Waals surface area contributed by atoms with Crippen LogP contribution < -0.4 is 5.32 Å². The molecule has 2 rings (SSSR count). The van der Waals surface area contributed by atoms with Gasteiger partial charge in [-0.3, -0.25) is 4.79 Å². The Hall–Kier alpha value is -2.40. The van der Waals surface area contributed by atoms with Gasteiger partial charge in [-0.05, 0) is 48.9 Å². The molecule has 0 aromatic heterocycles. The number of carbonyl (C=O) groups is 2. The van der Waals surface area contributed by atoms with Crippen molar-refractivity contribution < 1.29 is 18.7 Å². The van der Waals surface area contributed by atoms with Gasteiger partial charge < -0.3 is 10.1 Å². The molecule has 0 fully saturated rings. The summed E-state index contributed by atoms with van der Waals surface area (Å²) in [5.41, 5.74) is 1.07. The van der Waals surface area contributed by atoms with Crippen LogP contribution in [0.25, 0.3) is 0 Å². The molecule has 0 radical (unpaired) electrons. The molecular weight excluding hydrogens is 321 g/mol. The Kier molecular flexibility index (Phi) is 5.71. The van der Waals surface area contributed by atoms with Crippen molar-refractivity contribution in [3.63, 3.8) is 0 Å². The first-order chi connectivity index (χ1) is 11.0. The lowest BCUT2D eigenvalue weighted by Gasteiger charge is -2.14. The van der Waals surface area contributed by atoms with Gasteiger partial charge in [-0.15, -0.1) is 0 Å². The first-order valence-corrected chi connectivity index (χ1v) is 7.31. The summed E-state index contributed by atoms with van der Waals surface area (Å²) in [6, 6.07) is 11.6. The fourth-order valence-corrected chi connectivity index (χ4v) is 2.04. The van der Waals surface area contributed by atoms with Crippen LogP contribution in [0.5, 0.6) is 0 Å². The second-order valence-electron chi connectivity index (χ2n) is 4.92. The molecule has 0 unspecified atom stereocenters. The summed E-state index contributed by atoms with van der Waals surface area (Å²) in [7, 11) is 0. The van der Waals surface area contributed by atoms with E-state index < -0.39 is 18.5 Å². The molecular formula is C17H15ClFNO3. The van der Waals surface area contributed by atoms with Crippen molar-refractivity contribution >= 4 is 23.5 Å². The summed E-state index contributed by atoms with van der Waals surface area (Å²) in [5, 5.41) is 3.18. The van der Waals surface area contributed by atoms with E-state index in [9.17, 15) is 14.0 Å². The fourth-order valence-electron chi connectivity index (χ4n) is 1.92. The lowest BCUT2D eigenvalue weighted by Crippen LogP contribution is -2.31. The molecule has 1 N–H and O–H groups in total. The van der Waals surface area contributed by atoms with E-state index in [4.69, 9.17) is 16.3 Å². The maximum atomic E-state index is 12.9. The van der Waals surface area contributed by atoms with E-state index in [-0.39, 0.29) is 11.9 Å². The highest BCUT2D eigenvalue weighted by Gasteiger charge is 2.13. The Morgan fingerprint density at radius 2 is 1.74 bits per heavy atom. The highest BCUT2D eigenvalue weighted by molar-refractivity contribution is 6.30. The van der Waals surface area contributed by atoms with E-state index in [1.807, 2.05) is 0 Å². The van der Waals surface area contributed by atoms with E-state index in [2.05, 4.69) is 5.32 Å². The third kappa shape index (κ3) is 5.07. The second-order valence-corrected chi connectivity index (χ2v) is 5.36. The lowest BCUT2D eigenvalue weighted by molar-refractivity contribution is -0.124. The van der Waals surface area contributed by atoms with Crippen LogP contribution in [-0.2, 0) is 9.53 Å². The van der Waals surface area contributed by atoms with Crippen LogP contribution in [0, 0.1) is 5.82 Å². The van der Waals surface area contributed by atoms with Crippen LogP contribution in [-0.4, -0.2) is 18.5 Å². The number of esters is 1. The largest absolute Gasteiger partial charge is 0.452 e. The van der Waals surface area contributed by atoms with Crippen molar-refractivity contribution in [2.45, 2.75) is 13.0 Å². The van der Waals surface area contributed by atoms with Gasteiger partial charge in [0.05, 0.1) is 11.6 Å². The van der Waals surface area contributed by atoms with E-state index in [0.717, 1.165) is 5.56 Å². The number of rotatable bonds is 5. The highest BCUT2D eigenvalue weighted by Crippen LogP contribution is 2.13. The average Bonchev–Trinajstić information content (AvgIpc) is 2.54. The van der Waals surface area contributed by atoms with Crippen LogP contribution >= 0.6 is 11.6 Å². The first kappa shape index (κ1) is 17.0. The Morgan fingerprint density at radius 1 is 1.13 bits per heavy atom. The molecule has 23 heavy (non-hydrogen) atoms. The van der Waals surface area contributed by atoms with Gasteiger partial charge in [-0.2, -0.15) is 0 Å². The third-order valence-electron chi connectivity index (χ3n) is 3.16. The molecule has 0 heterocycles. The molecule has 0 bridgehead atoms. The Balaban J connectivity index is 1.83.